The summed E-state index contributed by atoms with van der Waals surface area (Å²) >= 11 is 6.56. The van der Waals surface area contributed by atoms with Crippen LogP contribution in [0.25, 0.3) is 22.9 Å². The maximum absolute atomic E-state index is 9.41. The molecule has 0 radical (unpaired) electrons. The molecule has 0 aliphatic rings. The van der Waals surface area contributed by atoms with Crippen LogP contribution >= 0.6 is 38.6 Å². The Balaban J connectivity index is 1.93. The number of hydrogen-bond acceptors (Lipinski definition) is 4. The number of thiophene rings is 1. The van der Waals surface area contributed by atoms with Crippen LogP contribution < -0.4 is 0 Å². The molecular weight excluding hydrogens is 376 g/mol. The number of rotatable bonds is 3. The van der Waals surface area contributed by atoms with Crippen LogP contribution in [-0.2, 0) is 0 Å². The highest BCUT2D eigenvalue weighted by Crippen LogP contribution is 2.29. The first-order chi connectivity index (χ1) is 10.7. The molecule has 1 aromatic carbocycles. The first-order valence-electron chi connectivity index (χ1n) is 6.54. The standard InChI is InChI=1S/C17H11BrN2S2/c1-11-6-15(21-9-11)7-13(8-19)17-20-16(10-22-17)12-2-4-14(18)5-3-12/h2-7,9-10H,1H3/b13-7-. The zero-order valence-corrected chi connectivity index (χ0v) is 14.9. The molecule has 0 aliphatic heterocycles. The minimum absolute atomic E-state index is 0.607. The highest BCUT2D eigenvalue weighted by atomic mass is 79.9. The second-order valence-corrected chi connectivity index (χ2v) is 7.46. The molecule has 0 N–H and O–H groups in total. The number of aryl methyl sites for hydroxylation is 1. The fourth-order valence-corrected chi connectivity index (χ4v) is 3.85. The number of allylic oxidation sites excluding steroid dienone is 1. The lowest BCUT2D eigenvalue weighted by atomic mass is 10.2. The summed E-state index contributed by atoms with van der Waals surface area (Å²) < 4.78 is 1.04. The Labute approximate surface area is 145 Å². The molecule has 0 bridgehead atoms. The molecule has 22 heavy (non-hydrogen) atoms. The van der Waals surface area contributed by atoms with Gasteiger partial charge in [0.25, 0.3) is 0 Å². The van der Waals surface area contributed by atoms with Crippen LogP contribution in [-0.4, -0.2) is 4.98 Å². The van der Waals surface area contributed by atoms with Crippen molar-refractivity contribution in [3.8, 4) is 17.3 Å². The molecule has 0 amide bonds. The number of aromatic nitrogens is 1. The number of nitrogens with zero attached hydrogens (tertiary/aromatic N) is 2. The lowest BCUT2D eigenvalue weighted by Gasteiger charge is -1.96. The summed E-state index contributed by atoms with van der Waals surface area (Å²) in [4.78, 5) is 5.68. The van der Waals surface area contributed by atoms with E-state index in [0.717, 1.165) is 25.6 Å². The lowest BCUT2D eigenvalue weighted by Crippen LogP contribution is -1.82. The Bertz CT molecular complexity index is 867. The molecule has 0 unspecified atom stereocenters. The first-order valence-corrected chi connectivity index (χ1v) is 9.10. The lowest BCUT2D eigenvalue weighted by molar-refractivity contribution is 1.37. The van der Waals surface area contributed by atoms with Crippen LogP contribution in [0.1, 0.15) is 15.4 Å². The van der Waals surface area contributed by atoms with Gasteiger partial charge in [-0.15, -0.1) is 22.7 Å². The summed E-state index contributed by atoms with van der Waals surface area (Å²) in [5, 5.41) is 14.2. The van der Waals surface area contributed by atoms with Crippen molar-refractivity contribution in [2.75, 3.05) is 0 Å². The number of benzene rings is 1. The summed E-state index contributed by atoms with van der Waals surface area (Å²) in [6.45, 7) is 2.05. The zero-order chi connectivity index (χ0) is 15.5. The van der Waals surface area contributed by atoms with Crippen LogP contribution in [0.15, 0.2) is 45.6 Å². The minimum Gasteiger partial charge on any atom is -0.235 e. The fraction of sp³-hybridized carbons (Fsp3) is 0.0588. The van der Waals surface area contributed by atoms with Gasteiger partial charge in [0.05, 0.1) is 11.3 Å². The topological polar surface area (TPSA) is 36.7 Å². The van der Waals surface area contributed by atoms with Gasteiger partial charge in [0.2, 0.25) is 0 Å². The Hall–Kier alpha value is -1.74. The van der Waals surface area contributed by atoms with Gasteiger partial charge in [-0.1, -0.05) is 28.1 Å². The van der Waals surface area contributed by atoms with Gasteiger partial charge in [-0.3, -0.25) is 0 Å². The molecule has 3 rings (SSSR count). The van der Waals surface area contributed by atoms with Crippen molar-refractivity contribution in [3.05, 3.63) is 61.0 Å². The third kappa shape index (κ3) is 3.36. The zero-order valence-electron chi connectivity index (χ0n) is 11.7. The van der Waals surface area contributed by atoms with E-state index < -0.39 is 0 Å². The molecular formula is C17H11BrN2S2. The van der Waals surface area contributed by atoms with Crippen LogP contribution in [0, 0.1) is 18.3 Å². The quantitative estimate of drug-likeness (QED) is 0.517. The number of thiazole rings is 1. The van der Waals surface area contributed by atoms with Gasteiger partial charge < -0.3 is 0 Å². The predicted octanol–water partition coefficient (Wildman–Crippen LogP) is 6.01. The maximum atomic E-state index is 9.41. The van der Waals surface area contributed by atoms with Gasteiger partial charge in [-0.05, 0) is 42.1 Å². The van der Waals surface area contributed by atoms with Crippen molar-refractivity contribution in [1.29, 1.82) is 5.26 Å². The SMILES string of the molecule is Cc1csc(/C=C(/C#N)c2nc(-c3ccc(Br)cc3)cs2)c1. The number of hydrogen-bond donors (Lipinski definition) is 0. The van der Waals surface area contributed by atoms with E-state index in [1.807, 2.05) is 35.7 Å². The highest BCUT2D eigenvalue weighted by molar-refractivity contribution is 9.10. The van der Waals surface area contributed by atoms with Gasteiger partial charge in [0.15, 0.2) is 0 Å². The Kier molecular flexibility index (Phi) is 4.53. The Morgan fingerprint density at radius 3 is 2.64 bits per heavy atom. The first kappa shape index (κ1) is 15.2. The van der Waals surface area contributed by atoms with E-state index in [9.17, 15) is 5.26 Å². The van der Waals surface area contributed by atoms with Crippen LogP contribution in [0.2, 0.25) is 0 Å². The molecule has 0 spiro atoms. The van der Waals surface area contributed by atoms with Crippen molar-refractivity contribution in [2.24, 2.45) is 0 Å². The van der Waals surface area contributed by atoms with Crippen LogP contribution in [0.5, 0.6) is 0 Å². The molecule has 0 aliphatic carbocycles. The molecule has 2 heterocycles. The summed E-state index contributed by atoms with van der Waals surface area (Å²) in [6.07, 6.45) is 1.90. The van der Waals surface area contributed by atoms with Crippen molar-refractivity contribution in [2.45, 2.75) is 6.92 Å². The van der Waals surface area contributed by atoms with Gasteiger partial charge in [0, 0.05) is 20.3 Å². The molecule has 5 heteroatoms. The number of nitriles is 1. The highest BCUT2D eigenvalue weighted by Gasteiger charge is 2.09. The monoisotopic (exact) mass is 386 g/mol. The largest absolute Gasteiger partial charge is 0.235 e. The van der Waals surface area contributed by atoms with E-state index in [0.29, 0.717) is 5.57 Å². The average Bonchev–Trinajstić information content (AvgIpc) is 3.15. The third-order valence-electron chi connectivity index (χ3n) is 3.03. The summed E-state index contributed by atoms with van der Waals surface area (Å²) in [6, 6.07) is 12.3. The van der Waals surface area contributed by atoms with Crippen LogP contribution in [0.3, 0.4) is 0 Å². The Morgan fingerprint density at radius 2 is 2.00 bits per heavy atom. The molecule has 2 nitrogen and oxygen atoms in total. The van der Waals surface area contributed by atoms with Gasteiger partial charge in [0.1, 0.15) is 11.1 Å². The van der Waals surface area contributed by atoms with Gasteiger partial charge >= 0.3 is 0 Å². The second kappa shape index (κ2) is 6.57. The number of halogens is 1. The van der Waals surface area contributed by atoms with E-state index in [2.05, 4.69) is 45.4 Å². The van der Waals surface area contributed by atoms with E-state index in [-0.39, 0.29) is 0 Å². The van der Waals surface area contributed by atoms with Crippen molar-refractivity contribution in [1.82, 2.24) is 4.98 Å². The Morgan fingerprint density at radius 1 is 1.23 bits per heavy atom. The minimum atomic E-state index is 0.607. The van der Waals surface area contributed by atoms with E-state index in [1.54, 1.807) is 11.3 Å². The average molecular weight is 387 g/mol. The van der Waals surface area contributed by atoms with Gasteiger partial charge in [-0.2, -0.15) is 5.26 Å². The van der Waals surface area contributed by atoms with E-state index in [4.69, 9.17) is 0 Å². The summed E-state index contributed by atoms with van der Waals surface area (Å²) in [5.41, 5.74) is 3.77. The van der Waals surface area contributed by atoms with Gasteiger partial charge in [-0.25, -0.2) is 4.98 Å². The molecule has 0 saturated heterocycles. The molecule has 0 atom stereocenters. The molecule has 0 saturated carbocycles. The maximum Gasteiger partial charge on any atom is 0.134 e. The third-order valence-corrected chi connectivity index (χ3v) is 5.43. The van der Waals surface area contributed by atoms with E-state index >= 15 is 0 Å². The van der Waals surface area contributed by atoms with Crippen molar-refractivity contribution in [3.63, 3.8) is 0 Å². The van der Waals surface area contributed by atoms with E-state index in [1.165, 1.54) is 16.9 Å². The molecule has 3 aromatic rings. The predicted molar refractivity (Wildman–Crippen MR) is 97.8 cm³/mol. The molecule has 0 fully saturated rings. The van der Waals surface area contributed by atoms with Crippen molar-refractivity contribution >= 4 is 50.3 Å². The summed E-state index contributed by atoms with van der Waals surface area (Å²) in [7, 11) is 0. The normalized spacial score (nSPS) is 11.4. The molecule has 2 aromatic heterocycles. The summed E-state index contributed by atoms with van der Waals surface area (Å²) in [5.74, 6) is 0. The smallest absolute Gasteiger partial charge is 0.134 e. The second-order valence-electron chi connectivity index (χ2n) is 4.74. The molecule has 108 valence electrons. The van der Waals surface area contributed by atoms with Crippen LogP contribution in [0.4, 0.5) is 0 Å². The fourth-order valence-electron chi connectivity index (χ4n) is 1.96. The van der Waals surface area contributed by atoms with Crippen molar-refractivity contribution < 1.29 is 0 Å².